The van der Waals surface area contributed by atoms with Crippen molar-refractivity contribution in [3.05, 3.63) is 81.9 Å². The summed E-state index contributed by atoms with van der Waals surface area (Å²) < 4.78 is 6.32. The SMILES string of the molecule is CC(=O)C(=Cc1cccc(C#N)c1Cl)C(=O)Oc1cc(O)n(Cc2ccccc2)c1O. The molecule has 156 valence electrons. The fourth-order valence-corrected chi connectivity index (χ4v) is 3.08. The summed E-state index contributed by atoms with van der Waals surface area (Å²) in [4.78, 5) is 24.7. The smallest absolute Gasteiger partial charge is 0.347 e. The standard InChI is InChI=1S/C23H17ClN2O5/c1-14(27)18(10-16-8-5-9-17(12-25)21(16)24)23(30)31-19-11-20(28)26(22(19)29)13-15-6-3-2-4-7-15/h2-11,28-29H,13H2,1H3. The fourth-order valence-electron chi connectivity index (χ4n) is 2.86. The van der Waals surface area contributed by atoms with Crippen LogP contribution in [-0.2, 0) is 16.1 Å². The van der Waals surface area contributed by atoms with Crippen LogP contribution < -0.4 is 4.74 Å². The van der Waals surface area contributed by atoms with Gasteiger partial charge in [0.2, 0.25) is 5.88 Å². The number of benzene rings is 2. The Labute approximate surface area is 183 Å². The lowest BCUT2D eigenvalue weighted by Crippen LogP contribution is -2.16. The van der Waals surface area contributed by atoms with Gasteiger partial charge in [0.1, 0.15) is 11.6 Å². The van der Waals surface area contributed by atoms with Crippen LogP contribution >= 0.6 is 11.6 Å². The lowest BCUT2D eigenvalue weighted by Gasteiger charge is -2.08. The van der Waals surface area contributed by atoms with E-state index < -0.39 is 17.6 Å². The van der Waals surface area contributed by atoms with E-state index in [4.69, 9.17) is 21.6 Å². The zero-order valence-electron chi connectivity index (χ0n) is 16.4. The molecule has 0 saturated heterocycles. The molecule has 2 aromatic carbocycles. The molecule has 31 heavy (non-hydrogen) atoms. The predicted octanol–water partition coefficient (Wildman–Crippen LogP) is 4.05. The van der Waals surface area contributed by atoms with Crippen molar-refractivity contribution >= 4 is 29.4 Å². The van der Waals surface area contributed by atoms with Crippen molar-refractivity contribution in [1.29, 1.82) is 5.26 Å². The molecule has 1 heterocycles. The number of esters is 1. The molecule has 0 amide bonds. The van der Waals surface area contributed by atoms with Crippen molar-refractivity contribution in [2.24, 2.45) is 0 Å². The van der Waals surface area contributed by atoms with Gasteiger partial charge in [-0.15, -0.1) is 0 Å². The van der Waals surface area contributed by atoms with Crippen LogP contribution in [0.4, 0.5) is 0 Å². The molecule has 0 bridgehead atoms. The Balaban J connectivity index is 1.90. The molecule has 1 aromatic heterocycles. The van der Waals surface area contributed by atoms with Crippen molar-refractivity contribution in [1.82, 2.24) is 4.57 Å². The molecule has 0 aliphatic heterocycles. The van der Waals surface area contributed by atoms with Gasteiger partial charge in [-0.1, -0.05) is 54.1 Å². The van der Waals surface area contributed by atoms with Gasteiger partial charge in [-0.2, -0.15) is 5.26 Å². The Morgan fingerprint density at radius 1 is 1.16 bits per heavy atom. The van der Waals surface area contributed by atoms with Crippen LogP contribution in [0.3, 0.4) is 0 Å². The third-order valence-corrected chi connectivity index (χ3v) is 4.87. The van der Waals surface area contributed by atoms with E-state index in [0.717, 1.165) is 16.2 Å². The summed E-state index contributed by atoms with van der Waals surface area (Å²) >= 11 is 6.14. The molecular formula is C23H17ClN2O5. The Kier molecular flexibility index (Phi) is 6.43. The number of aromatic hydroxyl groups is 2. The van der Waals surface area contributed by atoms with Crippen LogP contribution in [0.5, 0.6) is 17.5 Å². The van der Waals surface area contributed by atoms with Gasteiger partial charge in [-0.05, 0) is 30.2 Å². The molecule has 0 aliphatic rings. The number of Topliss-reactive ketones (excluding diaryl/α,β-unsaturated/α-hetero) is 1. The average molecular weight is 437 g/mol. The summed E-state index contributed by atoms with van der Waals surface area (Å²) in [6.45, 7) is 1.31. The molecule has 0 spiro atoms. The Bertz CT molecular complexity index is 1220. The molecule has 2 N–H and O–H groups in total. The van der Waals surface area contributed by atoms with E-state index in [0.29, 0.717) is 0 Å². The number of hydrogen-bond acceptors (Lipinski definition) is 6. The minimum absolute atomic E-state index is 0.0889. The number of carbonyl (C=O) groups is 2. The van der Waals surface area contributed by atoms with Gasteiger partial charge >= 0.3 is 5.97 Å². The minimum atomic E-state index is -1.04. The zero-order valence-corrected chi connectivity index (χ0v) is 17.1. The van der Waals surface area contributed by atoms with Gasteiger partial charge in [0.05, 0.1) is 17.1 Å². The van der Waals surface area contributed by atoms with E-state index in [-0.39, 0.29) is 39.9 Å². The van der Waals surface area contributed by atoms with Crippen LogP contribution in [0.15, 0.2) is 60.2 Å². The van der Waals surface area contributed by atoms with Crippen LogP contribution in [0.25, 0.3) is 6.08 Å². The highest BCUT2D eigenvalue weighted by molar-refractivity contribution is 6.33. The van der Waals surface area contributed by atoms with Crippen molar-refractivity contribution < 1.29 is 24.5 Å². The van der Waals surface area contributed by atoms with Crippen LogP contribution in [-0.4, -0.2) is 26.5 Å². The van der Waals surface area contributed by atoms with E-state index in [2.05, 4.69) is 0 Å². The van der Waals surface area contributed by atoms with E-state index in [1.54, 1.807) is 24.3 Å². The number of ketones is 1. The number of aromatic nitrogens is 1. The third-order valence-electron chi connectivity index (χ3n) is 4.45. The summed E-state index contributed by atoms with van der Waals surface area (Å²) in [6.07, 6.45) is 1.21. The van der Waals surface area contributed by atoms with E-state index >= 15 is 0 Å². The molecule has 0 atom stereocenters. The summed E-state index contributed by atoms with van der Waals surface area (Å²) in [5.74, 6) is -2.74. The van der Waals surface area contributed by atoms with Gasteiger partial charge in [0, 0.05) is 6.07 Å². The molecule has 3 aromatic rings. The molecule has 0 aliphatic carbocycles. The molecular weight excluding hydrogens is 420 g/mol. The molecule has 7 nitrogen and oxygen atoms in total. The average Bonchev–Trinajstić information content (AvgIpc) is 3.00. The highest BCUT2D eigenvalue weighted by Crippen LogP contribution is 2.35. The Morgan fingerprint density at radius 2 is 1.87 bits per heavy atom. The number of carbonyl (C=O) groups excluding carboxylic acids is 2. The number of nitrogens with zero attached hydrogens (tertiary/aromatic N) is 2. The Morgan fingerprint density at radius 3 is 2.52 bits per heavy atom. The van der Waals surface area contributed by atoms with Gasteiger partial charge in [-0.25, -0.2) is 4.79 Å². The minimum Gasteiger partial charge on any atom is -0.494 e. The zero-order chi connectivity index (χ0) is 22.5. The van der Waals surface area contributed by atoms with Crippen LogP contribution in [0.1, 0.15) is 23.6 Å². The van der Waals surface area contributed by atoms with E-state index in [1.165, 1.54) is 19.1 Å². The van der Waals surface area contributed by atoms with Crippen molar-refractivity contribution in [3.8, 4) is 23.6 Å². The maximum absolute atomic E-state index is 12.6. The molecule has 8 heteroatoms. The molecule has 3 rings (SSSR count). The van der Waals surface area contributed by atoms with Gasteiger partial charge in [0.15, 0.2) is 17.4 Å². The van der Waals surface area contributed by atoms with Crippen LogP contribution in [0.2, 0.25) is 5.02 Å². The highest BCUT2D eigenvalue weighted by atomic mass is 35.5. The molecule has 0 fully saturated rings. The number of ether oxygens (including phenoxy) is 1. The first kappa shape index (κ1) is 21.7. The number of nitriles is 1. The number of rotatable bonds is 6. The summed E-state index contributed by atoms with van der Waals surface area (Å²) in [5.41, 5.74) is 0.938. The first-order chi connectivity index (χ1) is 14.8. The quantitative estimate of drug-likeness (QED) is 0.261. The normalized spacial score (nSPS) is 11.1. The maximum Gasteiger partial charge on any atom is 0.347 e. The van der Waals surface area contributed by atoms with Crippen LogP contribution in [0, 0.1) is 11.3 Å². The molecule has 0 saturated carbocycles. The summed E-state index contributed by atoms with van der Waals surface area (Å²) in [6, 6.07) is 16.7. The second kappa shape index (κ2) is 9.20. The first-order valence-corrected chi connectivity index (χ1v) is 9.48. The number of hydrogen-bond donors (Lipinski definition) is 2. The van der Waals surface area contributed by atoms with Gasteiger partial charge in [-0.3, -0.25) is 9.36 Å². The third kappa shape index (κ3) is 4.77. The van der Waals surface area contributed by atoms with E-state index in [9.17, 15) is 19.8 Å². The lowest BCUT2D eigenvalue weighted by atomic mass is 10.1. The van der Waals surface area contributed by atoms with Gasteiger partial charge in [0.25, 0.3) is 0 Å². The largest absolute Gasteiger partial charge is 0.494 e. The van der Waals surface area contributed by atoms with Crippen molar-refractivity contribution in [3.63, 3.8) is 0 Å². The fraction of sp³-hybridized carbons (Fsp3) is 0.0870. The monoisotopic (exact) mass is 436 g/mol. The molecule has 0 radical (unpaired) electrons. The second-order valence-corrected chi connectivity index (χ2v) is 6.96. The molecule has 0 unspecified atom stereocenters. The summed E-state index contributed by atoms with van der Waals surface area (Å²) in [5, 5.41) is 29.7. The predicted molar refractivity (Wildman–Crippen MR) is 114 cm³/mol. The Hall–Kier alpha value is -4.02. The lowest BCUT2D eigenvalue weighted by molar-refractivity contribution is -0.132. The maximum atomic E-state index is 12.6. The van der Waals surface area contributed by atoms with Crippen molar-refractivity contribution in [2.75, 3.05) is 0 Å². The second-order valence-electron chi connectivity index (χ2n) is 6.59. The van der Waals surface area contributed by atoms with Gasteiger partial charge < -0.3 is 14.9 Å². The first-order valence-electron chi connectivity index (χ1n) is 9.10. The number of halogens is 1. The summed E-state index contributed by atoms with van der Waals surface area (Å²) in [7, 11) is 0. The van der Waals surface area contributed by atoms with Crippen molar-refractivity contribution in [2.45, 2.75) is 13.5 Å². The highest BCUT2D eigenvalue weighted by Gasteiger charge is 2.23. The van der Waals surface area contributed by atoms with E-state index in [1.807, 2.05) is 24.3 Å². The topological polar surface area (TPSA) is 113 Å².